The molecule has 0 bridgehead atoms. The van der Waals surface area contributed by atoms with E-state index >= 15 is 0 Å². The van der Waals surface area contributed by atoms with E-state index in [0.717, 1.165) is 19.6 Å². The number of benzene rings is 1. The van der Waals surface area contributed by atoms with E-state index in [2.05, 4.69) is 48.6 Å². The standard InChI is InChI=1S/C14H15Br2NO2S/c1-17-14(8-4-13(16)20-7-8)9-5-11(18-2)12(19-3)6-10(9)15/h4-7,14,17H,1-3H3. The zero-order chi connectivity index (χ0) is 14.7. The van der Waals surface area contributed by atoms with Crippen LogP contribution in [-0.4, -0.2) is 21.3 Å². The van der Waals surface area contributed by atoms with Gasteiger partial charge in [-0.1, -0.05) is 15.9 Å². The van der Waals surface area contributed by atoms with Crippen molar-refractivity contribution in [2.75, 3.05) is 21.3 Å². The minimum atomic E-state index is 0.0896. The van der Waals surface area contributed by atoms with Crippen molar-refractivity contribution < 1.29 is 9.47 Å². The summed E-state index contributed by atoms with van der Waals surface area (Å²) in [5.41, 5.74) is 2.31. The molecule has 20 heavy (non-hydrogen) atoms. The molecule has 1 unspecified atom stereocenters. The molecule has 2 rings (SSSR count). The average molecular weight is 421 g/mol. The molecule has 1 atom stereocenters. The Morgan fingerprint density at radius 2 is 1.75 bits per heavy atom. The third kappa shape index (κ3) is 3.19. The average Bonchev–Trinajstić information content (AvgIpc) is 2.87. The van der Waals surface area contributed by atoms with Crippen LogP contribution in [0.15, 0.2) is 31.8 Å². The molecule has 1 aromatic carbocycles. The lowest BCUT2D eigenvalue weighted by Gasteiger charge is -2.19. The Hall–Kier alpha value is -0.560. The molecule has 3 nitrogen and oxygen atoms in total. The van der Waals surface area contributed by atoms with Crippen LogP contribution in [0.4, 0.5) is 0 Å². The fraction of sp³-hybridized carbons (Fsp3) is 0.286. The second kappa shape index (κ2) is 6.93. The van der Waals surface area contributed by atoms with Gasteiger partial charge in [-0.15, -0.1) is 11.3 Å². The first-order valence-electron chi connectivity index (χ1n) is 5.93. The van der Waals surface area contributed by atoms with Crippen molar-refractivity contribution in [3.63, 3.8) is 0 Å². The molecule has 0 fully saturated rings. The molecular weight excluding hydrogens is 406 g/mol. The van der Waals surface area contributed by atoms with Gasteiger partial charge >= 0.3 is 0 Å². The maximum absolute atomic E-state index is 5.39. The van der Waals surface area contributed by atoms with E-state index in [4.69, 9.17) is 9.47 Å². The molecule has 0 aliphatic carbocycles. The summed E-state index contributed by atoms with van der Waals surface area (Å²) in [6.45, 7) is 0. The Morgan fingerprint density at radius 1 is 1.10 bits per heavy atom. The first-order chi connectivity index (χ1) is 9.60. The van der Waals surface area contributed by atoms with E-state index < -0.39 is 0 Å². The van der Waals surface area contributed by atoms with E-state index in [0.29, 0.717) is 5.75 Å². The summed E-state index contributed by atoms with van der Waals surface area (Å²) in [6, 6.07) is 6.14. The second-order valence-corrected chi connectivity index (χ2v) is 7.28. The van der Waals surface area contributed by atoms with Gasteiger partial charge in [-0.05, 0) is 57.7 Å². The monoisotopic (exact) mass is 419 g/mol. The maximum Gasteiger partial charge on any atom is 0.161 e. The van der Waals surface area contributed by atoms with Gasteiger partial charge < -0.3 is 14.8 Å². The lowest BCUT2D eigenvalue weighted by atomic mass is 10.0. The van der Waals surface area contributed by atoms with Crippen LogP contribution in [-0.2, 0) is 0 Å². The van der Waals surface area contributed by atoms with Crippen molar-refractivity contribution in [1.29, 1.82) is 0 Å². The Labute approximate surface area is 139 Å². The number of hydrogen-bond acceptors (Lipinski definition) is 4. The normalized spacial score (nSPS) is 12.2. The molecule has 0 spiro atoms. The highest BCUT2D eigenvalue weighted by atomic mass is 79.9. The van der Waals surface area contributed by atoms with Crippen LogP contribution >= 0.6 is 43.2 Å². The Morgan fingerprint density at radius 3 is 2.25 bits per heavy atom. The second-order valence-electron chi connectivity index (χ2n) is 4.13. The van der Waals surface area contributed by atoms with Crippen molar-refractivity contribution in [2.45, 2.75) is 6.04 Å². The third-order valence-electron chi connectivity index (χ3n) is 3.02. The van der Waals surface area contributed by atoms with Crippen LogP contribution in [0.25, 0.3) is 0 Å². The summed E-state index contributed by atoms with van der Waals surface area (Å²) >= 11 is 8.79. The molecule has 0 aliphatic heterocycles. The summed E-state index contributed by atoms with van der Waals surface area (Å²) in [5, 5.41) is 5.47. The quantitative estimate of drug-likeness (QED) is 0.766. The SMILES string of the molecule is CNC(c1csc(Br)c1)c1cc(OC)c(OC)cc1Br. The van der Waals surface area contributed by atoms with Crippen LogP contribution in [0.2, 0.25) is 0 Å². The van der Waals surface area contributed by atoms with E-state index in [1.165, 1.54) is 5.56 Å². The van der Waals surface area contributed by atoms with Gasteiger partial charge in [0.25, 0.3) is 0 Å². The van der Waals surface area contributed by atoms with Crippen molar-refractivity contribution in [2.24, 2.45) is 0 Å². The van der Waals surface area contributed by atoms with Gasteiger partial charge in [-0.25, -0.2) is 0 Å². The predicted octanol–water partition coefficient (Wildman–Crippen LogP) is 4.60. The summed E-state index contributed by atoms with van der Waals surface area (Å²) in [6.07, 6.45) is 0. The van der Waals surface area contributed by atoms with E-state index in [-0.39, 0.29) is 6.04 Å². The molecule has 2 aromatic rings. The largest absolute Gasteiger partial charge is 0.493 e. The number of rotatable bonds is 5. The van der Waals surface area contributed by atoms with E-state index in [1.807, 2.05) is 19.2 Å². The maximum atomic E-state index is 5.39. The van der Waals surface area contributed by atoms with Gasteiger partial charge in [0.15, 0.2) is 11.5 Å². The van der Waals surface area contributed by atoms with Crippen molar-refractivity contribution in [1.82, 2.24) is 5.32 Å². The summed E-state index contributed by atoms with van der Waals surface area (Å²) < 4.78 is 12.8. The lowest BCUT2D eigenvalue weighted by Crippen LogP contribution is -2.17. The van der Waals surface area contributed by atoms with Crippen molar-refractivity contribution in [3.05, 3.63) is 43.0 Å². The van der Waals surface area contributed by atoms with Gasteiger partial charge in [-0.2, -0.15) is 0 Å². The van der Waals surface area contributed by atoms with Crippen LogP contribution in [0.5, 0.6) is 11.5 Å². The summed E-state index contributed by atoms with van der Waals surface area (Å²) in [7, 11) is 5.22. The number of methoxy groups -OCH3 is 2. The fourth-order valence-corrected chi connectivity index (χ4v) is 3.82. The highest BCUT2D eigenvalue weighted by Gasteiger charge is 2.19. The molecule has 0 saturated carbocycles. The van der Waals surface area contributed by atoms with Gasteiger partial charge in [-0.3, -0.25) is 0 Å². The van der Waals surface area contributed by atoms with Gasteiger partial charge in [0.1, 0.15) is 0 Å². The van der Waals surface area contributed by atoms with Crippen LogP contribution in [0, 0.1) is 0 Å². The number of ether oxygens (including phenoxy) is 2. The first kappa shape index (κ1) is 15.8. The molecule has 0 saturated heterocycles. The molecule has 0 radical (unpaired) electrons. The van der Waals surface area contributed by atoms with Gasteiger partial charge in [0.05, 0.1) is 24.0 Å². The Bertz CT molecular complexity index is 601. The van der Waals surface area contributed by atoms with Gasteiger partial charge in [0, 0.05) is 4.47 Å². The van der Waals surface area contributed by atoms with Crippen molar-refractivity contribution in [3.8, 4) is 11.5 Å². The minimum absolute atomic E-state index is 0.0896. The van der Waals surface area contributed by atoms with Crippen LogP contribution in [0.3, 0.4) is 0 Å². The molecule has 6 heteroatoms. The first-order valence-corrected chi connectivity index (χ1v) is 8.39. The molecule has 0 aliphatic rings. The van der Waals surface area contributed by atoms with Gasteiger partial charge in [0.2, 0.25) is 0 Å². The van der Waals surface area contributed by atoms with Crippen molar-refractivity contribution >= 4 is 43.2 Å². The minimum Gasteiger partial charge on any atom is -0.493 e. The van der Waals surface area contributed by atoms with E-state index in [1.54, 1.807) is 25.6 Å². The summed E-state index contributed by atoms with van der Waals surface area (Å²) in [4.78, 5) is 0. The van der Waals surface area contributed by atoms with E-state index in [9.17, 15) is 0 Å². The highest BCUT2D eigenvalue weighted by molar-refractivity contribution is 9.11. The molecule has 1 heterocycles. The lowest BCUT2D eigenvalue weighted by molar-refractivity contribution is 0.354. The topological polar surface area (TPSA) is 30.5 Å². The molecule has 1 N–H and O–H groups in total. The Balaban J connectivity index is 2.49. The Kier molecular flexibility index (Phi) is 5.49. The molecule has 1 aromatic heterocycles. The number of thiophene rings is 1. The smallest absolute Gasteiger partial charge is 0.161 e. The highest BCUT2D eigenvalue weighted by Crippen LogP contribution is 2.39. The molecule has 0 amide bonds. The number of nitrogens with one attached hydrogen (secondary N) is 1. The molecular formula is C14H15Br2NO2S. The molecule has 108 valence electrons. The number of hydrogen-bond donors (Lipinski definition) is 1. The third-order valence-corrected chi connectivity index (χ3v) is 5.23. The van der Waals surface area contributed by atoms with Crippen LogP contribution < -0.4 is 14.8 Å². The van der Waals surface area contributed by atoms with Crippen LogP contribution in [0.1, 0.15) is 17.2 Å². The zero-order valence-electron chi connectivity index (χ0n) is 11.4. The summed E-state index contributed by atoms with van der Waals surface area (Å²) in [5.74, 6) is 1.43. The number of halogens is 2. The predicted molar refractivity (Wildman–Crippen MR) is 90.2 cm³/mol. The zero-order valence-corrected chi connectivity index (χ0v) is 15.4. The fourth-order valence-electron chi connectivity index (χ4n) is 2.07.